The maximum atomic E-state index is 12.1. The fourth-order valence-corrected chi connectivity index (χ4v) is 2.89. The number of nitrogens with one attached hydrogen (secondary N) is 3. The Labute approximate surface area is 154 Å². The van der Waals surface area contributed by atoms with E-state index >= 15 is 0 Å². The van der Waals surface area contributed by atoms with Crippen molar-refractivity contribution in [1.82, 2.24) is 25.4 Å². The van der Waals surface area contributed by atoms with Crippen molar-refractivity contribution in [2.75, 3.05) is 11.9 Å². The second kappa shape index (κ2) is 8.99. The summed E-state index contributed by atoms with van der Waals surface area (Å²) in [7, 11) is 0. The van der Waals surface area contributed by atoms with E-state index in [2.05, 4.69) is 26.1 Å². The lowest BCUT2D eigenvalue weighted by atomic mass is 10.2. The van der Waals surface area contributed by atoms with E-state index in [4.69, 9.17) is 0 Å². The fraction of sp³-hybridized carbons (Fsp3) is 0.312. The Kier molecular flexibility index (Phi) is 6.73. The number of urea groups is 1. The monoisotopic (exact) mass is 376 g/mol. The first kappa shape index (κ1) is 19.4. The van der Waals surface area contributed by atoms with Gasteiger partial charge in [0, 0.05) is 19.2 Å². The van der Waals surface area contributed by atoms with Crippen molar-refractivity contribution in [3.05, 3.63) is 30.6 Å². The second-order valence-corrected chi connectivity index (χ2v) is 6.63. The third-order valence-corrected chi connectivity index (χ3v) is 4.24. The average molecular weight is 376 g/mol. The van der Waals surface area contributed by atoms with Gasteiger partial charge in [-0.3, -0.25) is 19.5 Å². The summed E-state index contributed by atoms with van der Waals surface area (Å²) in [5.74, 6) is -0.598. The van der Waals surface area contributed by atoms with Crippen LogP contribution in [0.4, 0.5) is 10.5 Å². The first-order valence-corrected chi connectivity index (χ1v) is 8.82. The summed E-state index contributed by atoms with van der Waals surface area (Å²) in [6.07, 6.45) is 1.52. The summed E-state index contributed by atoms with van der Waals surface area (Å²) in [5, 5.41) is 15.3. The minimum absolute atomic E-state index is 0.170. The molecule has 26 heavy (non-hydrogen) atoms. The van der Waals surface area contributed by atoms with E-state index in [1.165, 1.54) is 25.0 Å². The maximum Gasteiger partial charge on any atom is 0.321 e. The summed E-state index contributed by atoms with van der Waals surface area (Å²) < 4.78 is 1.70. The summed E-state index contributed by atoms with van der Waals surface area (Å²) >= 11 is 1.17. The highest BCUT2D eigenvalue weighted by Gasteiger charge is 2.20. The number of rotatable bonds is 6. The minimum atomic E-state index is -0.556. The summed E-state index contributed by atoms with van der Waals surface area (Å²) in [6.45, 7) is 5.30. The molecule has 10 heteroatoms. The molecule has 0 aliphatic carbocycles. The minimum Gasteiger partial charge on any atom is -0.338 e. The molecule has 1 aromatic heterocycles. The molecular weight excluding hydrogens is 356 g/mol. The SMILES string of the molecule is CCNC(=O)NC(=O)C(C)Sc1nncn1-c1cccc(NC(C)=O)c1. The second-order valence-electron chi connectivity index (χ2n) is 5.32. The quantitative estimate of drug-likeness (QED) is 0.659. The first-order chi connectivity index (χ1) is 12.4. The van der Waals surface area contributed by atoms with Crippen molar-refractivity contribution in [3.63, 3.8) is 0 Å². The van der Waals surface area contributed by atoms with Gasteiger partial charge in [-0.25, -0.2) is 4.79 Å². The molecule has 0 bridgehead atoms. The Hall–Kier alpha value is -2.88. The molecule has 0 saturated carbocycles. The Morgan fingerprint density at radius 1 is 1.31 bits per heavy atom. The van der Waals surface area contributed by atoms with E-state index in [0.29, 0.717) is 17.4 Å². The van der Waals surface area contributed by atoms with Gasteiger partial charge in [-0.15, -0.1) is 10.2 Å². The normalized spacial score (nSPS) is 11.5. The molecule has 9 nitrogen and oxygen atoms in total. The molecule has 2 aromatic rings. The topological polar surface area (TPSA) is 118 Å². The third-order valence-electron chi connectivity index (χ3n) is 3.19. The molecule has 4 amide bonds. The zero-order valence-electron chi connectivity index (χ0n) is 14.6. The van der Waals surface area contributed by atoms with Crippen molar-refractivity contribution in [2.45, 2.75) is 31.2 Å². The Morgan fingerprint density at radius 2 is 2.08 bits per heavy atom. The van der Waals surface area contributed by atoms with Crippen LogP contribution in [0, 0.1) is 0 Å². The number of aromatic nitrogens is 3. The van der Waals surface area contributed by atoms with Crippen LogP contribution < -0.4 is 16.0 Å². The molecule has 1 atom stereocenters. The predicted molar refractivity (Wildman–Crippen MR) is 98.2 cm³/mol. The van der Waals surface area contributed by atoms with Crippen molar-refractivity contribution in [2.24, 2.45) is 0 Å². The summed E-state index contributed by atoms with van der Waals surface area (Å²) in [6, 6.07) is 6.63. The number of carbonyl (C=O) groups is 3. The van der Waals surface area contributed by atoms with Crippen LogP contribution in [0.15, 0.2) is 35.7 Å². The Morgan fingerprint density at radius 3 is 2.77 bits per heavy atom. The van der Waals surface area contributed by atoms with E-state index in [1.54, 1.807) is 36.6 Å². The summed E-state index contributed by atoms with van der Waals surface area (Å²) in [4.78, 5) is 34.7. The first-order valence-electron chi connectivity index (χ1n) is 7.94. The number of amides is 4. The number of carbonyl (C=O) groups excluding carboxylic acids is 3. The average Bonchev–Trinajstić information content (AvgIpc) is 3.02. The maximum absolute atomic E-state index is 12.1. The van der Waals surface area contributed by atoms with Crippen LogP contribution in [-0.4, -0.2) is 44.4 Å². The van der Waals surface area contributed by atoms with Crippen molar-refractivity contribution in [3.8, 4) is 5.69 Å². The lowest BCUT2D eigenvalue weighted by Crippen LogP contribution is -2.42. The van der Waals surface area contributed by atoms with Gasteiger partial charge in [0.2, 0.25) is 11.8 Å². The van der Waals surface area contributed by atoms with Gasteiger partial charge in [-0.05, 0) is 32.0 Å². The number of anilines is 1. The molecule has 0 fully saturated rings. The molecular formula is C16H20N6O3S. The molecule has 0 aliphatic rings. The molecule has 0 spiro atoms. The van der Waals surface area contributed by atoms with Crippen LogP contribution in [0.3, 0.4) is 0 Å². The van der Waals surface area contributed by atoms with E-state index in [9.17, 15) is 14.4 Å². The van der Waals surface area contributed by atoms with Crippen molar-refractivity contribution >= 4 is 35.3 Å². The smallest absolute Gasteiger partial charge is 0.321 e. The van der Waals surface area contributed by atoms with E-state index in [0.717, 1.165) is 5.69 Å². The zero-order chi connectivity index (χ0) is 19.1. The van der Waals surface area contributed by atoms with E-state index in [1.807, 2.05) is 6.07 Å². The number of nitrogens with zero attached hydrogens (tertiary/aromatic N) is 3. The van der Waals surface area contributed by atoms with Gasteiger partial charge in [0.15, 0.2) is 5.16 Å². The molecule has 1 aromatic carbocycles. The highest BCUT2D eigenvalue weighted by atomic mass is 32.2. The van der Waals surface area contributed by atoms with Gasteiger partial charge in [0.05, 0.1) is 10.9 Å². The molecule has 1 unspecified atom stereocenters. The zero-order valence-corrected chi connectivity index (χ0v) is 15.5. The largest absolute Gasteiger partial charge is 0.338 e. The fourth-order valence-electron chi connectivity index (χ4n) is 2.05. The van der Waals surface area contributed by atoms with Crippen LogP contribution in [0.1, 0.15) is 20.8 Å². The van der Waals surface area contributed by atoms with E-state index in [-0.39, 0.29) is 5.91 Å². The Bertz CT molecular complexity index is 807. The van der Waals surface area contributed by atoms with Gasteiger partial charge in [-0.2, -0.15) is 0 Å². The van der Waals surface area contributed by atoms with Crippen molar-refractivity contribution in [1.29, 1.82) is 0 Å². The lowest BCUT2D eigenvalue weighted by Gasteiger charge is -2.12. The van der Waals surface area contributed by atoms with E-state index < -0.39 is 17.2 Å². The highest BCUT2D eigenvalue weighted by Crippen LogP contribution is 2.25. The van der Waals surface area contributed by atoms with Crippen molar-refractivity contribution < 1.29 is 14.4 Å². The molecule has 1 heterocycles. The van der Waals surface area contributed by atoms with Gasteiger partial charge < -0.3 is 10.6 Å². The number of imide groups is 1. The number of hydrogen-bond donors (Lipinski definition) is 3. The number of hydrogen-bond acceptors (Lipinski definition) is 6. The highest BCUT2D eigenvalue weighted by molar-refractivity contribution is 8.00. The Balaban J connectivity index is 2.12. The molecule has 2 rings (SSSR count). The van der Waals surface area contributed by atoms with Gasteiger partial charge in [0.25, 0.3) is 0 Å². The predicted octanol–water partition coefficient (Wildman–Crippen LogP) is 1.55. The molecule has 3 N–H and O–H groups in total. The van der Waals surface area contributed by atoms with Crippen LogP contribution >= 0.6 is 11.8 Å². The molecule has 0 aliphatic heterocycles. The van der Waals surface area contributed by atoms with Crippen LogP contribution in [0.2, 0.25) is 0 Å². The van der Waals surface area contributed by atoms with Crippen LogP contribution in [0.5, 0.6) is 0 Å². The van der Waals surface area contributed by atoms with Gasteiger partial charge >= 0.3 is 6.03 Å². The lowest BCUT2D eigenvalue weighted by molar-refractivity contribution is -0.119. The molecule has 138 valence electrons. The number of thioether (sulfide) groups is 1. The molecule has 0 saturated heterocycles. The number of benzene rings is 1. The standard InChI is InChI=1S/C16H20N6O3S/c1-4-17-15(25)20-14(24)10(2)26-16-21-18-9-22(16)13-7-5-6-12(8-13)19-11(3)23/h5-10H,4H2,1-3H3,(H,19,23)(H2,17,20,24,25). The van der Waals surface area contributed by atoms with Gasteiger partial charge in [0.1, 0.15) is 6.33 Å². The van der Waals surface area contributed by atoms with Gasteiger partial charge in [-0.1, -0.05) is 17.8 Å². The van der Waals surface area contributed by atoms with Crippen LogP contribution in [-0.2, 0) is 9.59 Å². The molecule has 0 radical (unpaired) electrons. The third kappa shape index (κ3) is 5.31. The summed E-state index contributed by atoms with van der Waals surface area (Å²) in [5.41, 5.74) is 1.38. The van der Waals surface area contributed by atoms with Crippen LogP contribution in [0.25, 0.3) is 5.69 Å².